The van der Waals surface area contributed by atoms with Crippen molar-refractivity contribution < 1.29 is 13.3 Å². The normalized spacial score (nSPS) is 12.3. The molecule has 0 amide bonds. The van der Waals surface area contributed by atoms with Crippen molar-refractivity contribution in [1.82, 2.24) is 13.7 Å². The smallest absolute Gasteiger partial charge is 0.160 e. The first-order valence-corrected chi connectivity index (χ1v) is 28.4. The van der Waals surface area contributed by atoms with Gasteiger partial charge >= 0.3 is 0 Å². The molecule has 19 rings (SSSR count). The standard InChI is InChI=1S/C74H37N5O3S/c75-38-55-64(54-24-15-23-53-46-22-7-14-31-63(46)83-74(53)54)70(79-59-27-10-3-18-42(59)49-34-37-52-45-21-6-13-30-62(45)82-73(52)69(49)79)66(78-58-26-9-2-17-41(58)48-33-36-51-44-20-5-12-29-61(44)81-72(51)68(48)78)56(39-76)65(55)77-57-25-8-1-16-40(57)47-32-35-50-43-19-4-11-28-60(43)80-71(50)67(47)77/h1-37H. The molecular weight excluding hydrogens is 1040 g/mol. The summed E-state index contributed by atoms with van der Waals surface area (Å²) in [4.78, 5) is 0. The molecule has 0 bridgehead atoms. The average molecular weight is 1080 g/mol. The fraction of sp³-hybridized carbons (Fsp3) is 0. The van der Waals surface area contributed by atoms with Crippen LogP contribution in [0.5, 0.6) is 0 Å². The molecule has 382 valence electrons. The fourth-order valence-corrected chi connectivity index (χ4v) is 15.4. The van der Waals surface area contributed by atoms with Gasteiger partial charge in [-0.05, 0) is 60.7 Å². The Kier molecular flexibility index (Phi) is 8.66. The van der Waals surface area contributed by atoms with Crippen molar-refractivity contribution in [2.24, 2.45) is 0 Å². The molecule has 0 unspecified atom stereocenters. The highest BCUT2D eigenvalue weighted by Gasteiger charge is 2.36. The van der Waals surface area contributed by atoms with Crippen molar-refractivity contribution in [3.63, 3.8) is 0 Å². The highest BCUT2D eigenvalue weighted by atomic mass is 32.1. The van der Waals surface area contributed by atoms with Crippen molar-refractivity contribution in [1.29, 1.82) is 10.5 Å². The number of fused-ring (bicyclic) bond motifs is 24. The van der Waals surface area contributed by atoms with Crippen LogP contribution < -0.4 is 0 Å². The van der Waals surface area contributed by atoms with Crippen LogP contribution in [0.1, 0.15) is 11.1 Å². The zero-order valence-electron chi connectivity index (χ0n) is 43.7. The van der Waals surface area contributed by atoms with E-state index in [-0.39, 0.29) is 5.56 Å². The van der Waals surface area contributed by atoms with E-state index in [0.717, 1.165) is 140 Å². The molecule has 0 aliphatic carbocycles. The molecule has 0 saturated carbocycles. The van der Waals surface area contributed by atoms with E-state index in [2.05, 4.69) is 184 Å². The molecule has 0 N–H and O–H groups in total. The van der Waals surface area contributed by atoms with Gasteiger partial charge in [-0.15, -0.1) is 11.3 Å². The van der Waals surface area contributed by atoms with E-state index in [1.165, 1.54) is 0 Å². The molecule has 7 aromatic heterocycles. The van der Waals surface area contributed by atoms with Gasteiger partial charge < -0.3 is 27.0 Å². The van der Waals surface area contributed by atoms with Crippen LogP contribution in [0.15, 0.2) is 238 Å². The zero-order valence-corrected chi connectivity index (χ0v) is 44.5. The minimum absolute atomic E-state index is 0.276. The topological polar surface area (TPSA) is 102 Å². The fourth-order valence-electron chi connectivity index (χ4n) is 14.2. The van der Waals surface area contributed by atoms with E-state index >= 15 is 0 Å². The maximum absolute atomic E-state index is 12.9. The predicted octanol–water partition coefficient (Wildman–Crippen LogP) is 20.5. The second kappa shape index (κ2) is 16.2. The van der Waals surface area contributed by atoms with Gasteiger partial charge in [0.2, 0.25) is 0 Å². The summed E-state index contributed by atoms with van der Waals surface area (Å²) in [6.07, 6.45) is 0. The number of furan rings is 3. The lowest BCUT2D eigenvalue weighted by Gasteiger charge is -2.26. The van der Waals surface area contributed by atoms with E-state index in [4.69, 9.17) is 13.3 Å². The first-order valence-electron chi connectivity index (χ1n) is 27.6. The third-order valence-electron chi connectivity index (χ3n) is 17.5. The maximum Gasteiger partial charge on any atom is 0.160 e. The quantitative estimate of drug-likeness (QED) is 0.175. The summed E-state index contributed by atoms with van der Waals surface area (Å²) in [5.41, 5.74) is 12.9. The summed E-state index contributed by atoms with van der Waals surface area (Å²) in [6, 6.07) is 83.5. The minimum atomic E-state index is 0.276. The van der Waals surface area contributed by atoms with Gasteiger partial charge in [-0.3, -0.25) is 0 Å². The van der Waals surface area contributed by atoms with E-state index < -0.39 is 0 Å². The van der Waals surface area contributed by atoms with Crippen LogP contribution in [0.4, 0.5) is 0 Å². The largest absolute Gasteiger partial charge is 0.454 e. The first-order chi connectivity index (χ1) is 41.1. The van der Waals surface area contributed by atoms with Crippen LogP contribution >= 0.6 is 11.3 Å². The van der Waals surface area contributed by atoms with Gasteiger partial charge in [0.05, 0.1) is 55.7 Å². The Morgan fingerprint density at radius 3 is 1.14 bits per heavy atom. The number of nitrogens with zero attached hydrogens (tertiary/aromatic N) is 5. The highest BCUT2D eigenvalue weighted by Crippen LogP contribution is 2.54. The second-order valence-corrected chi connectivity index (χ2v) is 22.6. The Morgan fingerprint density at radius 2 is 0.675 bits per heavy atom. The predicted molar refractivity (Wildman–Crippen MR) is 339 cm³/mol. The van der Waals surface area contributed by atoms with Gasteiger partial charge in [-0.1, -0.05) is 164 Å². The summed E-state index contributed by atoms with van der Waals surface area (Å²) < 4.78 is 30.2. The third kappa shape index (κ3) is 5.65. The lowest BCUT2D eigenvalue weighted by Crippen LogP contribution is -2.14. The van der Waals surface area contributed by atoms with E-state index in [1.807, 2.05) is 66.7 Å². The van der Waals surface area contributed by atoms with Crippen LogP contribution in [0, 0.1) is 22.7 Å². The Balaban J connectivity index is 1.15. The second-order valence-electron chi connectivity index (χ2n) is 21.5. The molecule has 7 heterocycles. The molecule has 0 atom stereocenters. The summed E-state index contributed by atoms with van der Waals surface area (Å²) in [6.45, 7) is 0. The number of hydrogen-bond donors (Lipinski definition) is 0. The molecule has 0 saturated heterocycles. The molecule has 83 heavy (non-hydrogen) atoms. The maximum atomic E-state index is 12.9. The minimum Gasteiger partial charge on any atom is -0.454 e. The number of aromatic nitrogens is 3. The lowest BCUT2D eigenvalue weighted by atomic mass is 9.90. The Hall–Kier alpha value is -11.4. The van der Waals surface area contributed by atoms with Gasteiger partial charge in [0, 0.05) is 95.9 Å². The molecule has 8 nitrogen and oxygen atoms in total. The molecule has 0 aliphatic heterocycles. The van der Waals surface area contributed by atoms with Crippen molar-refractivity contribution in [3.8, 4) is 40.3 Å². The molecule has 0 radical (unpaired) electrons. The van der Waals surface area contributed by atoms with Crippen LogP contribution in [0.25, 0.3) is 180 Å². The Bertz CT molecular complexity index is 6240. The van der Waals surface area contributed by atoms with Gasteiger partial charge in [-0.2, -0.15) is 10.5 Å². The number of hydrogen-bond acceptors (Lipinski definition) is 6. The molecule has 0 aliphatic rings. The molecule has 0 spiro atoms. The van der Waals surface area contributed by atoms with Crippen LogP contribution in [-0.4, -0.2) is 13.7 Å². The molecular formula is C74H37N5O3S. The Labute approximate surface area is 473 Å². The van der Waals surface area contributed by atoms with Gasteiger partial charge in [-0.25, -0.2) is 0 Å². The molecule has 12 aromatic carbocycles. The number of thiophene rings is 1. The van der Waals surface area contributed by atoms with Crippen LogP contribution in [0.2, 0.25) is 0 Å². The van der Waals surface area contributed by atoms with Gasteiger partial charge in [0.15, 0.2) is 16.7 Å². The first kappa shape index (κ1) is 44.5. The monoisotopic (exact) mass is 1080 g/mol. The summed E-state index contributed by atoms with van der Waals surface area (Å²) in [5.74, 6) is 0. The van der Waals surface area contributed by atoms with Crippen molar-refractivity contribution >= 4 is 163 Å². The summed E-state index contributed by atoms with van der Waals surface area (Å²) in [7, 11) is 0. The average Bonchev–Trinajstić information content (AvgIpc) is 1.77. The van der Waals surface area contributed by atoms with Crippen LogP contribution in [-0.2, 0) is 0 Å². The number of rotatable bonds is 4. The number of para-hydroxylation sites is 6. The molecule has 0 fully saturated rings. The van der Waals surface area contributed by atoms with Crippen LogP contribution in [0.3, 0.4) is 0 Å². The SMILES string of the molecule is N#Cc1c(-c2cccc3c2sc2ccccc23)c(-n2c3ccccc3c3ccc4c5ccccc5oc4c32)c(-n2c3ccccc3c3ccc4c5ccccc5oc4c32)c(C#N)c1-n1c2ccccc2c2ccc3c4ccccc4oc3c21. The number of nitriles is 2. The van der Waals surface area contributed by atoms with E-state index in [1.54, 1.807) is 11.3 Å². The van der Waals surface area contributed by atoms with E-state index in [9.17, 15) is 10.5 Å². The zero-order chi connectivity index (χ0) is 54.3. The Morgan fingerprint density at radius 1 is 0.301 bits per heavy atom. The van der Waals surface area contributed by atoms with Crippen molar-refractivity contribution in [2.75, 3.05) is 0 Å². The summed E-state index contributed by atoms with van der Waals surface area (Å²) >= 11 is 1.71. The number of benzene rings is 12. The van der Waals surface area contributed by atoms with Gasteiger partial charge in [0.1, 0.15) is 34.5 Å². The van der Waals surface area contributed by atoms with Gasteiger partial charge in [0.25, 0.3) is 0 Å². The molecule has 9 heteroatoms. The van der Waals surface area contributed by atoms with Crippen molar-refractivity contribution in [2.45, 2.75) is 0 Å². The summed E-state index contributed by atoms with van der Waals surface area (Å²) in [5, 5.41) is 39.5. The van der Waals surface area contributed by atoms with E-state index in [0.29, 0.717) is 44.9 Å². The lowest BCUT2D eigenvalue weighted by molar-refractivity contribution is 0.670. The highest BCUT2D eigenvalue weighted by molar-refractivity contribution is 7.26. The molecule has 19 aromatic rings. The third-order valence-corrected chi connectivity index (χ3v) is 18.7. The van der Waals surface area contributed by atoms with Crippen molar-refractivity contribution in [3.05, 3.63) is 236 Å².